The number of carbonyl (C=O) groups is 1. The average Bonchev–Trinajstić information content (AvgIpc) is 3.28. The summed E-state index contributed by atoms with van der Waals surface area (Å²) >= 11 is 0. The Bertz CT molecular complexity index is 825. The van der Waals surface area contributed by atoms with E-state index >= 15 is 0 Å². The van der Waals surface area contributed by atoms with E-state index in [-0.39, 0.29) is 12.5 Å². The molecule has 0 bridgehead atoms. The first kappa shape index (κ1) is 19.2. The third-order valence-corrected chi connectivity index (χ3v) is 6.31. The zero-order valence-corrected chi connectivity index (χ0v) is 16.7. The summed E-state index contributed by atoms with van der Waals surface area (Å²) in [6.45, 7) is 2.88. The van der Waals surface area contributed by atoms with Crippen molar-refractivity contribution in [3.63, 3.8) is 0 Å². The molecule has 1 aliphatic heterocycles. The zero-order chi connectivity index (χ0) is 19.5. The van der Waals surface area contributed by atoms with Gasteiger partial charge in [0.1, 0.15) is 0 Å². The number of aliphatic hydroxyl groups excluding tert-OH is 1. The van der Waals surface area contributed by atoms with Crippen molar-refractivity contribution >= 4 is 5.91 Å². The number of likely N-dealkylation sites (tertiary alicyclic amines) is 1. The number of fused-ring (bicyclic) bond motifs is 1. The second-order valence-electron chi connectivity index (χ2n) is 8.15. The fraction of sp³-hybridized carbons (Fsp3) is 0.458. The Morgan fingerprint density at radius 3 is 2.50 bits per heavy atom. The van der Waals surface area contributed by atoms with Gasteiger partial charge in [-0.25, -0.2) is 0 Å². The highest BCUT2D eigenvalue weighted by Gasteiger charge is 2.26. The standard InChI is InChI=1S/C24H30N2O2/c1-25(14-15-27)24(28)19-6-4-18(5-7-19)20-8-9-22-17-23(11-10-21(22)16-20)26-12-2-3-13-26/h4-9,16,23,27H,2-3,10-15,17H2,1H3. The van der Waals surface area contributed by atoms with Gasteiger partial charge in [-0.2, -0.15) is 0 Å². The van der Waals surface area contributed by atoms with Gasteiger partial charge in [0.15, 0.2) is 0 Å². The molecule has 1 amide bonds. The van der Waals surface area contributed by atoms with Crippen LogP contribution in [-0.2, 0) is 12.8 Å². The van der Waals surface area contributed by atoms with Gasteiger partial charge in [-0.1, -0.05) is 30.3 Å². The molecule has 1 atom stereocenters. The summed E-state index contributed by atoms with van der Waals surface area (Å²) in [5.74, 6) is -0.0565. The highest BCUT2D eigenvalue weighted by atomic mass is 16.3. The van der Waals surface area contributed by atoms with Gasteiger partial charge >= 0.3 is 0 Å². The molecule has 0 radical (unpaired) electrons. The van der Waals surface area contributed by atoms with E-state index in [0.717, 1.165) is 18.0 Å². The molecule has 1 N–H and O–H groups in total. The number of aryl methyl sites for hydroxylation is 1. The third-order valence-electron chi connectivity index (χ3n) is 6.31. The third kappa shape index (κ3) is 3.98. The molecule has 1 aliphatic carbocycles. The van der Waals surface area contributed by atoms with Gasteiger partial charge in [-0.3, -0.25) is 4.79 Å². The minimum absolute atomic E-state index is 0.0198. The Labute approximate surface area is 167 Å². The summed E-state index contributed by atoms with van der Waals surface area (Å²) < 4.78 is 0. The van der Waals surface area contributed by atoms with E-state index in [4.69, 9.17) is 5.11 Å². The Kier molecular flexibility index (Phi) is 5.79. The first-order chi connectivity index (χ1) is 13.7. The summed E-state index contributed by atoms with van der Waals surface area (Å²) in [5.41, 5.74) is 6.01. The van der Waals surface area contributed by atoms with Gasteiger partial charge < -0.3 is 14.9 Å². The molecule has 1 saturated heterocycles. The first-order valence-electron chi connectivity index (χ1n) is 10.5. The number of carbonyl (C=O) groups excluding carboxylic acids is 1. The Hall–Kier alpha value is -2.17. The van der Waals surface area contributed by atoms with E-state index in [1.54, 1.807) is 11.9 Å². The Morgan fingerprint density at radius 1 is 1.07 bits per heavy atom. The van der Waals surface area contributed by atoms with Gasteiger partial charge in [-0.15, -0.1) is 0 Å². The fourth-order valence-electron chi connectivity index (χ4n) is 4.61. The smallest absolute Gasteiger partial charge is 0.253 e. The summed E-state index contributed by atoms with van der Waals surface area (Å²) in [6, 6.07) is 15.4. The largest absolute Gasteiger partial charge is 0.395 e. The van der Waals surface area contributed by atoms with Gasteiger partial charge in [0.05, 0.1) is 6.61 Å². The molecule has 2 aromatic carbocycles. The van der Waals surface area contributed by atoms with E-state index in [9.17, 15) is 4.79 Å². The number of hydrogen-bond acceptors (Lipinski definition) is 3. The molecule has 1 unspecified atom stereocenters. The number of nitrogens with zero attached hydrogens (tertiary/aromatic N) is 2. The van der Waals surface area contributed by atoms with E-state index in [2.05, 4.69) is 23.1 Å². The SMILES string of the molecule is CN(CCO)C(=O)c1ccc(-c2ccc3c(c2)CCC(N2CCCC2)C3)cc1. The zero-order valence-electron chi connectivity index (χ0n) is 16.7. The molecule has 0 saturated carbocycles. The van der Waals surface area contributed by atoms with Crippen LogP contribution in [-0.4, -0.2) is 60.1 Å². The normalized spacial score (nSPS) is 19.4. The van der Waals surface area contributed by atoms with Gasteiger partial charge in [0.2, 0.25) is 0 Å². The minimum atomic E-state index is -0.0565. The monoisotopic (exact) mass is 378 g/mol. The van der Waals surface area contributed by atoms with Crippen LogP contribution in [0.4, 0.5) is 0 Å². The molecule has 0 aromatic heterocycles. The predicted octanol–water partition coefficient (Wildman–Crippen LogP) is 3.37. The quantitative estimate of drug-likeness (QED) is 0.868. The van der Waals surface area contributed by atoms with Crippen molar-refractivity contribution < 1.29 is 9.90 Å². The maximum atomic E-state index is 12.3. The molecule has 1 heterocycles. The molecule has 2 aromatic rings. The van der Waals surface area contributed by atoms with Crippen molar-refractivity contribution in [3.8, 4) is 11.1 Å². The van der Waals surface area contributed by atoms with Crippen LogP contribution in [0.2, 0.25) is 0 Å². The van der Waals surface area contributed by atoms with Crippen molar-refractivity contribution in [2.45, 2.75) is 38.1 Å². The minimum Gasteiger partial charge on any atom is -0.395 e. The summed E-state index contributed by atoms with van der Waals surface area (Å²) in [5, 5.41) is 9.00. The maximum Gasteiger partial charge on any atom is 0.253 e. The molecule has 4 nitrogen and oxygen atoms in total. The predicted molar refractivity (Wildman–Crippen MR) is 113 cm³/mol. The number of amides is 1. The molecule has 28 heavy (non-hydrogen) atoms. The van der Waals surface area contributed by atoms with Crippen molar-refractivity contribution in [2.24, 2.45) is 0 Å². The lowest BCUT2D eigenvalue weighted by Gasteiger charge is -2.32. The topological polar surface area (TPSA) is 43.8 Å². The lowest BCUT2D eigenvalue weighted by molar-refractivity contribution is 0.0767. The number of rotatable bonds is 5. The lowest BCUT2D eigenvalue weighted by Crippen LogP contribution is -2.37. The van der Waals surface area contributed by atoms with Crippen LogP contribution in [0, 0.1) is 0 Å². The van der Waals surface area contributed by atoms with E-state index in [0.29, 0.717) is 12.1 Å². The molecule has 4 heteroatoms. The van der Waals surface area contributed by atoms with Crippen LogP contribution in [0.5, 0.6) is 0 Å². The van der Waals surface area contributed by atoms with E-state index < -0.39 is 0 Å². The molecule has 4 rings (SSSR count). The van der Waals surface area contributed by atoms with E-state index in [1.807, 2.05) is 24.3 Å². The van der Waals surface area contributed by atoms with Gasteiger partial charge in [-0.05, 0) is 79.6 Å². The van der Waals surface area contributed by atoms with Crippen LogP contribution in [0.15, 0.2) is 42.5 Å². The number of aliphatic hydroxyl groups is 1. The van der Waals surface area contributed by atoms with Crippen LogP contribution in [0.25, 0.3) is 11.1 Å². The van der Waals surface area contributed by atoms with Crippen molar-refractivity contribution in [1.29, 1.82) is 0 Å². The number of benzene rings is 2. The molecule has 2 aliphatic rings. The van der Waals surface area contributed by atoms with Crippen molar-refractivity contribution in [1.82, 2.24) is 9.80 Å². The van der Waals surface area contributed by atoms with E-state index in [1.165, 1.54) is 55.5 Å². The number of hydrogen-bond donors (Lipinski definition) is 1. The molecule has 0 spiro atoms. The Balaban J connectivity index is 1.47. The number of likely N-dealkylation sites (N-methyl/N-ethyl adjacent to an activating group) is 1. The van der Waals surface area contributed by atoms with Gasteiger partial charge in [0, 0.05) is 25.2 Å². The van der Waals surface area contributed by atoms with Crippen molar-refractivity contribution in [3.05, 3.63) is 59.2 Å². The van der Waals surface area contributed by atoms with Crippen LogP contribution >= 0.6 is 0 Å². The first-order valence-corrected chi connectivity index (χ1v) is 10.5. The summed E-state index contributed by atoms with van der Waals surface area (Å²) in [6.07, 6.45) is 6.32. The van der Waals surface area contributed by atoms with Crippen LogP contribution in [0.1, 0.15) is 40.7 Å². The molecular formula is C24H30N2O2. The molecular weight excluding hydrogens is 348 g/mol. The summed E-state index contributed by atoms with van der Waals surface area (Å²) in [4.78, 5) is 16.6. The van der Waals surface area contributed by atoms with Gasteiger partial charge in [0.25, 0.3) is 5.91 Å². The molecule has 1 fully saturated rings. The van der Waals surface area contributed by atoms with Crippen molar-refractivity contribution in [2.75, 3.05) is 33.3 Å². The Morgan fingerprint density at radius 2 is 1.79 bits per heavy atom. The second kappa shape index (κ2) is 8.46. The second-order valence-corrected chi connectivity index (χ2v) is 8.15. The molecule has 148 valence electrons. The lowest BCUT2D eigenvalue weighted by atomic mass is 9.85. The highest BCUT2D eigenvalue weighted by molar-refractivity contribution is 5.94. The average molecular weight is 379 g/mol. The summed E-state index contributed by atoms with van der Waals surface area (Å²) in [7, 11) is 1.71. The highest BCUT2D eigenvalue weighted by Crippen LogP contribution is 2.30. The van der Waals surface area contributed by atoms with Crippen LogP contribution < -0.4 is 0 Å². The fourth-order valence-corrected chi connectivity index (χ4v) is 4.61. The maximum absolute atomic E-state index is 12.3. The van der Waals surface area contributed by atoms with Crippen LogP contribution in [0.3, 0.4) is 0 Å².